The number of fused-ring (bicyclic) bond motifs is 1. The van der Waals surface area contributed by atoms with Crippen molar-refractivity contribution in [3.05, 3.63) is 53.1 Å². The minimum Gasteiger partial charge on any atom is -0.325 e. The number of anilines is 2. The molecule has 120 valence electrons. The Labute approximate surface area is 139 Å². The van der Waals surface area contributed by atoms with E-state index in [-0.39, 0.29) is 10.8 Å². The number of rotatable bonds is 3. The summed E-state index contributed by atoms with van der Waals surface area (Å²) in [5.41, 5.74) is 0.918. The van der Waals surface area contributed by atoms with Crippen molar-refractivity contribution < 1.29 is 13.2 Å². The molecule has 1 aliphatic heterocycles. The van der Waals surface area contributed by atoms with E-state index in [1.54, 1.807) is 38.1 Å². The van der Waals surface area contributed by atoms with Crippen LogP contribution in [0.4, 0.5) is 11.4 Å². The Balaban J connectivity index is 1.99. The first-order valence-electron chi connectivity index (χ1n) is 6.94. The van der Waals surface area contributed by atoms with E-state index in [0.717, 1.165) is 0 Å². The largest absolute Gasteiger partial charge is 0.325 e. The molecule has 1 aliphatic rings. The molecule has 2 N–H and O–H groups in total. The van der Waals surface area contributed by atoms with E-state index in [0.29, 0.717) is 22.0 Å². The van der Waals surface area contributed by atoms with Crippen molar-refractivity contribution in [2.75, 3.05) is 10.0 Å². The Bertz CT molecular complexity index is 907. The predicted octanol–water partition coefficient (Wildman–Crippen LogP) is 3.37. The summed E-state index contributed by atoms with van der Waals surface area (Å²) in [6.45, 7) is 3.52. The Morgan fingerprint density at radius 1 is 1.13 bits per heavy atom. The highest BCUT2D eigenvalue weighted by Gasteiger charge is 2.39. The summed E-state index contributed by atoms with van der Waals surface area (Å²) in [4.78, 5) is 12.0. The summed E-state index contributed by atoms with van der Waals surface area (Å²) in [5.74, 6) is -0.148. The highest BCUT2D eigenvalue weighted by Crippen LogP contribution is 2.38. The van der Waals surface area contributed by atoms with Crippen LogP contribution in [0.3, 0.4) is 0 Å². The second-order valence-electron chi connectivity index (χ2n) is 5.90. The van der Waals surface area contributed by atoms with Gasteiger partial charge in [-0.15, -0.1) is 0 Å². The van der Waals surface area contributed by atoms with Crippen LogP contribution in [-0.4, -0.2) is 14.3 Å². The van der Waals surface area contributed by atoms with Gasteiger partial charge >= 0.3 is 0 Å². The molecule has 0 aliphatic carbocycles. The monoisotopic (exact) mass is 350 g/mol. The van der Waals surface area contributed by atoms with Crippen LogP contribution in [-0.2, 0) is 20.2 Å². The van der Waals surface area contributed by atoms with Crippen molar-refractivity contribution in [1.29, 1.82) is 0 Å². The van der Waals surface area contributed by atoms with Gasteiger partial charge in [0, 0.05) is 10.7 Å². The lowest BCUT2D eigenvalue weighted by Crippen LogP contribution is -2.27. The number of carbonyl (C=O) groups excluding carboxylic acids is 1. The zero-order chi connectivity index (χ0) is 16.8. The van der Waals surface area contributed by atoms with Gasteiger partial charge in [0.05, 0.1) is 16.0 Å². The van der Waals surface area contributed by atoms with Crippen LogP contribution in [0.1, 0.15) is 19.4 Å². The molecule has 3 rings (SSSR count). The summed E-state index contributed by atoms with van der Waals surface area (Å²) < 4.78 is 27.6. The van der Waals surface area contributed by atoms with Crippen LogP contribution in [0.2, 0.25) is 5.02 Å². The molecule has 0 aromatic heterocycles. The minimum atomic E-state index is -3.77. The molecule has 1 amide bonds. The van der Waals surface area contributed by atoms with Gasteiger partial charge in [-0.3, -0.25) is 9.52 Å². The van der Waals surface area contributed by atoms with Crippen LogP contribution in [0.15, 0.2) is 47.4 Å². The molecule has 0 saturated heterocycles. The highest BCUT2D eigenvalue weighted by atomic mass is 35.5. The Hall–Kier alpha value is -2.05. The van der Waals surface area contributed by atoms with Gasteiger partial charge in [0.2, 0.25) is 5.91 Å². The molecule has 0 atom stereocenters. The molecule has 0 radical (unpaired) electrons. The van der Waals surface area contributed by atoms with Crippen molar-refractivity contribution in [3.8, 4) is 0 Å². The van der Waals surface area contributed by atoms with Gasteiger partial charge in [0.25, 0.3) is 10.0 Å². The second kappa shape index (κ2) is 5.25. The molecular formula is C16H15ClN2O3S. The van der Waals surface area contributed by atoms with E-state index in [2.05, 4.69) is 10.0 Å². The van der Waals surface area contributed by atoms with Crippen molar-refractivity contribution in [1.82, 2.24) is 0 Å². The molecular weight excluding hydrogens is 336 g/mol. The smallest absolute Gasteiger partial charge is 0.261 e. The topological polar surface area (TPSA) is 75.3 Å². The first-order chi connectivity index (χ1) is 10.7. The van der Waals surface area contributed by atoms with Gasteiger partial charge in [-0.25, -0.2) is 8.42 Å². The summed E-state index contributed by atoms with van der Waals surface area (Å²) in [6, 6.07) is 11.1. The molecule has 0 spiro atoms. The van der Waals surface area contributed by atoms with Crippen molar-refractivity contribution in [3.63, 3.8) is 0 Å². The third-order valence-corrected chi connectivity index (χ3v) is 5.48. The fourth-order valence-electron chi connectivity index (χ4n) is 2.48. The van der Waals surface area contributed by atoms with Crippen LogP contribution in [0.5, 0.6) is 0 Å². The van der Waals surface area contributed by atoms with Crippen LogP contribution < -0.4 is 10.0 Å². The summed E-state index contributed by atoms with van der Waals surface area (Å²) in [6.07, 6.45) is 0. The highest BCUT2D eigenvalue weighted by molar-refractivity contribution is 7.92. The van der Waals surface area contributed by atoms with E-state index in [4.69, 9.17) is 11.6 Å². The lowest BCUT2D eigenvalue weighted by atomic mass is 9.86. The number of hydrogen-bond acceptors (Lipinski definition) is 3. The average Bonchev–Trinajstić information content (AvgIpc) is 2.68. The lowest BCUT2D eigenvalue weighted by molar-refractivity contribution is -0.119. The number of nitrogens with one attached hydrogen (secondary N) is 2. The van der Waals surface area contributed by atoms with E-state index in [1.165, 1.54) is 18.2 Å². The van der Waals surface area contributed by atoms with E-state index >= 15 is 0 Å². The fraction of sp³-hybridized carbons (Fsp3) is 0.188. The first-order valence-corrected chi connectivity index (χ1v) is 8.81. The van der Waals surface area contributed by atoms with E-state index in [1.807, 2.05) is 0 Å². The van der Waals surface area contributed by atoms with Gasteiger partial charge in [0.15, 0.2) is 0 Å². The summed E-state index contributed by atoms with van der Waals surface area (Å²) in [5, 5.41) is 3.19. The minimum absolute atomic E-state index is 0.0980. The lowest BCUT2D eigenvalue weighted by Gasteiger charge is -2.16. The summed E-state index contributed by atoms with van der Waals surface area (Å²) in [7, 11) is -3.77. The number of carbonyl (C=O) groups is 1. The van der Waals surface area contributed by atoms with E-state index in [9.17, 15) is 13.2 Å². The molecule has 23 heavy (non-hydrogen) atoms. The standard InChI is InChI=1S/C16H15ClN2O3S/c1-16(2)13-9-12(6-7-14(13)18-15(16)20)23(21,22)19-11-5-3-4-10(17)8-11/h3-9,19H,1-2H3,(H,18,20). The third-order valence-electron chi connectivity index (χ3n) is 3.87. The molecule has 7 heteroatoms. The summed E-state index contributed by atoms with van der Waals surface area (Å²) >= 11 is 5.87. The van der Waals surface area contributed by atoms with Crippen molar-refractivity contribution in [2.45, 2.75) is 24.2 Å². The molecule has 1 heterocycles. The van der Waals surface area contributed by atoms with Crippen molar-refractivity contribution >= 4 is 38.9 Å². The van der Waals surface area contributed by atoms with Gasteiger partial charge in [0.1, 0.15) is 0 Å². The number of benzene rings is 2. The maximum absolute atomic E-state index is 12.5. The Morgan fingerprint density at radius 3 is 2.57 bits per heavy atom. The SMILES string of the molecule is CC1(C)C(=O)Nc2ccc(S(=O)(=O)Nc3cccc(Cl)c3)cc21. The fourth-order valence-corrected chi connectivity index (χ4v) is 3.75. The molecule has 0 saturated carbocycles. The van der Waals surface area contributed by atoms with Gasteiger partial charge in [-0.05, 0) is 55.8 Å². The predicted molar refractivity (Wildman–Crippen MR) is 90.4 cm³/mol. The number of sulfonamides is 1. The van der Waals surface area contributed by atoms with Crippen LogP contribution in [0, 0.1) is 0 Å². The molecule has 0 unspecified atom stereocenters. The maximum Gasteiger partial charge on any atom is 0.261 e. The second-order valence-corrected chi connectivity index (χ2v) is 8.02. The zero-order valence-electron chi connectivity index (χ0n) is 12.6. The normalized spacial score (nSPS) is 15.9. The molecule has 5 nitrogen and oxygen atoms in total. The molecule has 2 aromatic carbocycles. The maximum atomic E-state index is 12.5. The molecule has 0 bridgehead atoms. The van der Waals surface area contributed by atoms with Crippen LogP contribution in [0.25, 0.3) is 0 Å². The Morgan fingerprint density at radius 2 is 1.87 bits per heavy atom. The van der Waals surface area contributed by atoms with Gasteiger partial charge < -0.3 is 5.32 Å². The third kappa shape index (κ3) is 2.80. The first kappa shape index (κ1) is 15.8. The molecule has 2 aromatic rings. The number of hydrogen-bond donors (Lipinski definition) is 2. The van der Waals surface area contributed by atoms with Crippen LogP contribution >= 0.6 is 11.6 Å². The van der Waals surface area contributed by atoms with E-state index < -0.39 is 15.4 Å². The zero-order valence-corrected chi connectivity index (χ0v) is 14.1. The van der Waals surface area contributed by atoms with Crippen molar-refractivity contribution in [2.24, 2.45) is 0 Å². The molecule has 0 fully saturated rings. The number of halogens is 1. The number of amides is 1. The Kier molecular flexibility index (Phi) is 3.61. The quantitative estimate of drug-likeness (QED) is 0.891. The average molecular weight is 351 g/mol. The van der Waals surface area contributed by atoms with Gasteiger partial charge in [-0.1, -0.05) is 17.7 Å². The van der Waals surface area contributed by atoms with Gasteiger partial charge in [-0.2, -0.15) is 0 Å².